The molecule has 18 heavy (non-hydrogen) atoms. The molecule has 0 aliphatic rings. The van der Waals surface area contributed by atoms with E-state index in [0.29, 0.717) is 6.54 Å². The van der Waals surface area contributed by atoms with Crippen molar-refractivity contribution >= 4 is 11.9 Å². The fourth-order valence-corrected chi connectivity index (χ4v) is 1.83. The number of carbonyl (C=O) groups excluding carboxylic acids is 2. The molecule has 1 amide bonds. The first-order valence-electron chi connectivity index (χ1n) is 6.49. The molecule has 0 aliphatic carbocycles. The molecule has 0 aromatic carbocycles. The zero-order valence-electron chi connectivity index (χ0n) is 11.8. The van der Waals surface area contributed by atoms with Crippen LogP contribution in [0.25, 0.3) is 0 Å². The maximum atomic E-state index is 12.2. The van der Waals surface area contributed by atoms with E-state index in [1.807, 2.05) is 13.8 Å². The van der Waals surface area contributed by atoms with E-state index in [0.717, 1.165) is 12.8 Å². The van der Waals surface area contributed by atoms with E-state index in [-0.39, 0.29) is 30.8 Å². The highest BCUT2D eigenvalue weighted by molar-refractivity contribution is 5.79. The summed E-state index contributed by atoms with van der Waals surface area (Å²) in [6.07, 6.45) is 1.10. The molecule has 0 aromatic rings. The molecule has 5 nitrogen and oxygen atoms in total. The Bertz CT molecular complexity index is 262. The summed E-state index contributed by atoms with van der Waals surface area (Å²) in [7, 11) is 1.32. The summed E-state index contributed by atoms with van der Waals surface area (Å²) >= 11 is 0. The predicted molar refractivity (Wildman–Crippen MR) is 69.0 cm³/mol. The molecule has 0 saturated heterocycles. The van der Waals surface area contributed by atoms with Crippen molar-refractivity contribution in [1.29, 1.82) is 0 Å². The number of aliphatic hydroxyl groups excluding tert-OH is 1. The van der Waals surface area contributed by atoms with E-state index < -0.39 is 6.10 Å². The second kappa shape index (κ2) is 8.91. The standard InChI is InChI=1S/C13H25NO4/c1-5-11(6-2)13(17)14(9-10(3)15)8-7-12(16)18-4/h10-11,15H,5-9H2,1-4H3. The molecule has 0 heterocycles. The smallest absolute Gasteiger partial charge is 0.307 e. The topological polar surface area (TPSA) is 66.8 Å². The Morgan fingerprint density at radius 2 is 1.83 bits per heavy atom. The number of hydrogen-bond acceptors (Lipinski definition) is 4. The van der Waals surface area contributed by atoms with Crippen molar-refractivity contribution in [3.63, 3.8) is 0 Å². The van der Waals surface area contributed by atoms with Gasteiger partial charge in [0.1, 0.15) is 0 Å². The van der Waals surface area contributed by atoms with Gasteiger partial charge in [-0.05, 0) is 19.8 Å². The number of ether oxygens (including phenoxy) is 1. The van der Waals surface area contributed by atoms with Crippen molar-refractivity contribution < 1.29 is 19.4 Å². The minimum absolute atomic E-state index is 0.00445. The number of aliphatic hydroxyl groups is 1. The lowest BCUT2D eigenvalue weighted by molar-refractivity contribution is -0.143. The van der Waals surface area contributed by atoms with Gasteiger partial charge in [-0.15, -0.1) is 0 Å². The molecule has 1 N–H and O–H groups in total. The third kappa shape index (κ3) is 6.00. The Hall–Kier alpha value is -1.10. The highest BCUT2D eigenvalue weighted by Crippen LogP contribution is 2.13. The molecule has 0 fully saturated rings. The van der Waals surface area contributed by atoms with Gasteiger partial charge in [0.15, 0.2) is 0 Å². The van der Waals surface area contributed by atoms with Crippen molar-refractivity contribution in [3.8, 4) is 0 Å². The van der Waals surface area contributed by atoms with Gasteiger partial charge in [-0.3, -0.25) is 9.59 Å². The largest absolute Gasteiger partial charge is 0.469 e. The summed E-state index contributed by atoms with van der Waals surface area (Å²) in [6, 6.07) is 0. The Balaban J connectivity index is 4.55. The zero-order chi connectivity index (χ0) is 14.1. The van der Waals surface area contributed by atoms with Crippen LogP contribution >= 0.6 is 0 Å². The Morgan fingerprint density at radius 1 is 1.28 bits per heavy atom. The first kappa shape index (κ1) is 16.9. The van der Waals surface area contributed by atoms with Gasteiger partial charge in [0, 0.05) is 19.0 Å². The Labute approximate surface area is 109 Å². The zero-order valence-corrected chi connectivity index (χ0v) is 11.8. The maximum absolute atomic E-state index is 12.2. The quantitative estimate of drug-likeness (QED) is 0.665. The van der Waals surface area contributed by atoms with Gasteiger partial charge in [0.05, 0.1) is 19.6 Å². The lowest BCUT2D eigenvalue weighted by Crippen LogP contribution is -2.41. The maximum Gasteiger partial charge on any atom is 0.307 e. The van der Waals surface area contributed by atoms with Crippen LogP contribution in [0.2, 0.25) is 0 Å². The van der Waals surface area contributed by atoms with E-state index in [1.54, 1.807) is 11.8 Å². The first-order chi connectivity index (χ1) is 8.46. The van der Waals surface area contributed by atoms with Gasteiger partial charge in [-0.2, -0.15) is 0 Å². The molecule has 1 unspecified atom stereocenters. The molecule has 0 aromatic heterocycles. The minimum Gasteiger partial charge on any atom is -0.469 e. The fourth-order valence-electron chi connectivity index (χ4n) is 1.83. The van der Waals surface area contributed by atoms with Crippen molar-refractivity contribution in [3.05, 3.63) is 0 Å². The van der Waals surface area contributed by atoms with Crippen LogP contribution in [0.3, 0.4) is 0 Å². The van der Waals surface area contributed by atoms with E-state index in [2.05, 4.69) is 4.74 Å². The molecule has 0 rings (SSSR count). The van der Waals surface area contributed by atoms with Crippen LogP contribution in [0.5, 0.6) is 0 Å². The second-order valence-electron chi connectivity index (χ2n) is 4.47. The van der Waals surface area contributed by atoms with Crippen molar-refractivity contribution in [2.45, 2.75) is 46.1 Å². The third-order valence-electron chi connectivity index (χ3n) is 2.94. The molecule has 106 valence electrons. The van der Waals surface area contributed by atoms with Crippen molar-refractivity contribution in [2.24, 2.45) is 5.92 Å². The number of methoxy groups -OCH3 is 1. The highest BCUT2D eigenvalue weighted by Gasteiger charge is 2.23. The van der Waals surface area contributed by atoms with Gasteiger partial charge in [0.25, 0.3) is 0 Å². The lowest BCUT2D eigenvalue weighted by Gasteiger charge is -2.27. The second-order valence-corrected chi connectivity index (χ2v) is 4.47. The van der Waals surface area contributed by atoms with Gasteiger partial charge in [-0.1, -0.05) is 13.8 Å². The average Bonchev–Trinajstić information content (AvgIpc) is 2.34. The lowest BCUT2D eigenvalue weighted by atomic mass is 10.0. The van der Waals surface area contributed by atoms with E-state index in [9.17, 15) is 14.7 Å². The van der Waals surface area contributed by atoms with Crippen molar-refractivity contribution in [1.82, 2.24) is 4.90 Å². The summed E-state index contributed by atoms with van der Waals surface area (Å²) in [5.74, 6) is -0.380. The van der Waals surface area contributed by atoms with E-state index >= 15 is 0 Å². The number of carbonyl (C=O) groups is 2. The van der Waals surface area contributed by atoms with Crippen LogP contribution < -0.4 is 0 Å². The monoisotopic (exact) mass is 259 g/mol. The van der Waals surface area contributed by atoms with Crippen LogP contribution in [0.15, 0.2) is 0 Å². The molecule has 5 heteroatoms. The number of nitrogens with zero attached hydrogens (tertiary/aromatic N) is 1. The van der Waals surface area contributed by atoms with Crippen LogP contribution in [0.4, 0.5) is 0 Å². The summed E-state index contributed by atoms with van der Waals surface area (Å²) < 4.78 is 4.56. The van der Waals surface area contributed by atoms with Crippen LogP contribution in [0.1, 0.15) is 40.0 Å². The number of rotatable bonds is 8. The molecular weight excluding hydrogens is 234 g/mol. The molecule has 1 atom stereocenters. The minimum atomic E-state index is -0.596. The summed E-state index contributed by atoms with van der Waals surface area (Å²) in [4.78, 5) is 24.9. The predicted octanol–water partition coefficient (Wildman–Crippen LogP) is 1.20. The molecule has 0 spiro atoms. The first-order valence-corrected chi connectivity index (χ1v) is 6.49. The molecule has 0 radical (unpaired) electrons. The average molecular weight is 259 g/mol. The van der Waals surface area contributed by atoms with Crippen molar-refractivity contribution in [2.75, 3.05) is 20.2 Å². The summed E-state index contributed by atoms with van der Waals surface area (Å²) in [5, 5.41) is 9.41. The summed E-state index contributed by atoms with van der Waals surface area (Å²) in [5.41, 5.74) is 0. The Morgan fingerprint density at radius 3 is 2.22 bits per heavy atom. The fraction of sp³-hybridized carbons (Fsp3) is 0.846. The molecular formula is C13H25NO4. The van der Waals surface area contributed by atoms with Gasteiger partial charge in [0.2, 0.25) is 5.91 Å². The van der Waals surface area contributed by atoms with E-state index in [1.165, 1.54) is 7.11 Å². The molecule has 0 bridgehead atoms. The van der Waals surface area contributed by atoms with Crippen LogP contribution in [0, 0.1) is 5.92 Å². The third-order valence-corrected chi connectivity index (χ3v) is 2.94. The van der Waals surface area contributed by atoms with Crippen LogP contribution in [-0.4, -0.2) is 48.2 Å². The van der Waals surface area contributed by atoms with Gasteiger partial charge < -0.3 is 14.7 Å². The van der Waals surface area contributed by atoms with Crippen LogP contribution in [-0.2, 0) is 14.3 Å². The van der Waals surface area contributed by atoms with E-state index in [4.69, 9.17) is 0 Å². The Kier molecular flexibility index (Phi) is 8.37. The molecule has 0 aliphatic heterocycles. The number of amides is 1. The molecule has 0 saturated carbocycles. The number of hydrogen-bond donors (Lipinski definition) is 1. The SMILES string of the molecule is CCC(CC)C(=O)N(CCC(=O)OC)CC(C)O. The van der Waals surface area contributed by atoms with Gasteiger partial charge >= 0.3 is 5.97 Å². The van der Waals surface area contributed by atoms with Gasteiger partial charge in [-0.25, -0.2) is 0 Å². The summed E-state index contributed by atoms with van der Waals surface area (Å²) in [6.45, 7) is 6.12. The number of esters is 1. The normalized spacial score (nSPS) is 12.3. The highest BCUT2D eigenvalue weighted by atomic mass is 16.5.